The molecule has 2 N–H and O–H groups in total. The molecule has 0 aromatic carbocycles. The van der Waals surface area contributed by atoms with Crippen molar-refractivity contribution < 1.29 is 25.9 Å². The molecule has 0 aliphatic rings. The molecule has 12 heteroatoms. The Bertz CT molecular complexity index is 272. The second-order valence-electron chi connectivity index (χ2n) is 1.13. The monoisotopic (exact) mass is 290 g/mol. The zero-order chi connectivity index (χ0) is 9.83. The standard InChI is InChI=1S/H2O6S6/c1-11(2,3)9-7-8-10-12(4,5)6/h(H,1,2,3)(H,4,5,6). The third kappa shape index (κ3) is 11.2. The molecule has 0 aliphatic heterocycles. The van der Waals surface area contributed by atoms with Crippen LogP contribution in [0.2, 0.25) is 0 Å². The summed E-state index contributed by atoms with van der Waals surface area (Å²) in [5.74, 6) is 0. The Hall–Kier alpha value is 1.22. The van der Waals surface area contributed by atoms with Crippen molar-refractivity contribution in [3.8, 4) is 0 Å². The molecule has 0 saturated carbocycles. The fourth-order valence-electron chi connectivity index (χ4n) is 0.0929. The molecular formula is H2O6S6. The highest BCUT2D eigenvalue weighted by molar-refractivity contribution is 9.40. The van der Waals surface area contributed by atoms with Gasteiger partial charge in [-0.15, -0.1) is 0 Å². The summed E-state index contributed by atoms with van der Waals surface area (Å²) >= 11 is 0. The van der Waals surface area contributed by atoms with Crippen LogP contribution in [0.1, 0.15) is 0 Å². The van der Waals surface area contributed by atoms with Crippen LogP contribution in [0.4, 0.5) is 0 Å². The van der Waals surface area contributed by atoms with Gasteiger partial charge >= 0.3 is 18.3 Å². The average Bonchev–Trinajstić information content (AvgIpc) is 1.76. The van der Waals surface area contributed by atoms with Gasteiger partial charge in [0.1, 0.15) is 0 Å². The Morgan fingerprint density at radius 3 is 1.17 bits per heavy atom. The highest BCUT2D eigenvalue weighted by Gasteiger charge is 2.10. The molecule has 0 fully saturated rings. The second kappa shape index (κ2) is 5.19. The molecule has 0 rings (SSSR count). The third-order valence-corrected chi connectivity index (χ3v) is 11.4. The Labute approximate surface area is 83.1 Å². The molecule has 0 aliphatic carbocycles. The smallest absolute Gasteiger partial charge is 0.277 e. The van der Waals surface area contributed by atoms with E-state index in [0.717, 1.165) is 0 Å². The van der Waals surface area contributed by atoms with Gasteiger partial charge in [-0.3, -0.25) is 9.11 Å². The molecule has 0 saturated heterocycles. The lowest BCUT2D eigenvalue weighted by atomic mass is 15.9. The largest absolute Gasteiger partial charge is 0.330 e. The topological polar surface area (TPSA) is 109 Å². The predicted molar refractivity (Wildman–Crippen MR) is 53.5 cm³/mol. The lowest BCUT2D eigenvalue weighted by Gasteiger charge is -1.92. The average molecular weight is 290 g/mol. The van der Waals surface area contributed by atoms with Crippen molar-refractivity contribution in [2.45, 2.75) is 0 Å². The molecule has 0 spiro atoms. The Balaban J connectivity index is 3.62. The second-order valence-corrected chi connectivity index (χ2v) is 12.4. The van der Waals surface area contributed by atoms with Crippen molar-refractivity contribution in [2.75, 3.05) is 0 Å². The molecule has 0 unspecified atom stereocenters. The molecule has 0 amide bonds. The zero-order valence-corrected chi connectivity index (χ0v) is 9.88. The van der Waals surface area contributed by atoms with Gasteiger partial charge in [-0.05, 0) is 0 Å². The van der Waals surface area contributed by atoms with Crippen molar-refractivity contribution in [3.63, 3.8) is 0 Å². The number of hydrogen-bond acceptors (Lipinski definition) is 8. The van der Waals surface area contributed by atoms with Crippen LogP contribution in [0.25, 0.3) is 0 Å². The fraction of sp³-hybridized carbons (Fsp3) is 0. The lowest BCUT2D eigenvalue weighted by Crippen LogP contribution is -1.85. The zero-order valence-electron chi connectivity index (χ0n) is 4.98. The van der Waals surface area contributed by atoms with Crippen molar-refractivity contribution in [3.05, 3.63) is 0 Å². The summed E-state index contributed by atoms with van der Waals surface area (Å²) in [6.45, 7) is 0. The minimum atomic E-state index is -4.17. The van der Waals surface area contributed by atoms with Crippen LogP contribution in [0.5, 0.6) is 0 Å². The van der Waals surface area contributed by atoms with Crippen LogP contribution in [-0.2, 0) is 18.3 Å². The van der Waals surface area contributed by atoms with Gasteiger partial charge in [-0.25, -0.2) is 0 Å². The highest BCUT2D eigenvalue weighted by atomic mass is 33.9. The van der Waals surface area contributed by atoms with Crippen LogP contribution >= 0.6 is 39.3 Å². The van der Waals surface area contributed by atoms with Crippen molar-refractivity contribution in [1.29, 1.82) is 0 Å². The van der Waals surface area contributed by atoms with E-state index >= 15 is 0 Å². The van der Waals surface area contributed by atoms with Crippen LogP contribution in [-0.4, -0.2) is 25.9 Å². The summed E-state index contributed by atoms with van der Waals surface area (Å²) in [7, 11) is -7.16. The molecule has 0 aromatic heterocycles. The van der Waals surface area contributed by atoms with Gasteiger partial charge in [0.2, 0.25) is 0 Å². The van der Waals surface area contributed by atoms with Gasteiger partial charge in [0.15, 0.2) is 0 Å². The minimum Gasteiger partial charge on any atom is -0.277 e. The van der Waals surface area contributed by atoms with Crippen LogP contribution in [0.15, 0.2) is 0 Å². The first kappa shape index (κ1) is 13.2. The van der Waals surface area contributed by atoms with Gasteiger partial charge < -0.3 is 0 Å². The van der Waals surface area contributed by atoms with E-state index in [1.54, 1.807) is 0 Å². The predicted octanol–water partition coefficient (Wildman–Crippen LogP) is 1.27. The molecular weight excluding hydrogens is 288 g/mol. The SMILES string of the molecule is O=S(=O)(O)SSSSS(=O)(=O)O. The Kier molecular flexibility index (Phi) is 5.72. The van der Waals surface area contributed by atoms with Gasteiger partial charge in [-0.1, -0.05) is 0 Å². The first-order chi connectivity index (χ1) is 5.21. The summed E-state index contributed by atoms with van der Waals surface area (Å²) < 4.78 is 56.3. The van der Waals surface area contributed by atoms with E-state index in [2.05, 4.69) is 0 Å². The van der Waals surface area contributed by atoms with E-state index < -0.39 is 18.3 Å². The lowest BCUT2D eigenvalue weighted by molar-refractivity contribution is 0.501. The maximum Gasteiger partial charge on any atom is 0.330 e. The summed E-state index contributed by atoms with van der Waals surface area (Å²) in [6, 6.07) is 0. The summed E-state index contributed by atoms with van der Waals surface area (Å²) in [5.41, 5.74) is 0. The fourth-order valence-corrected chi connectivity index (χ4v) is 11.2. The first-order valence-electron chi connectivity index (χ1n) is 1.87. The van der Waals surface area contributed by atoms with Crippen LogP contribution in [0, 0.1) is 0 Å². The molecule has 0 bridgehead atoms. The maximum atomic E-state index is 10.0. The summed E-state index contributed by atoms with van der Waals surface area (Å²) in [5, 5.41) is 0. The van der Waals surface area contributed by atoms with Crippen LogP contribution < -0.4 is 0 Å². The highest BCUT2D eigenvalue weighted by Crippen LogP contribution is 2.46. The molecule has 74 valence electrons. The van der Waals surface area contributed by atoms with Gasteiger partial charge in [0.05, 0.1) is 19.7 Å². The van der Waals surface area contributed by atoms with Gasteiger partial charge in [-0.2, -0.15) is 16.8 Å². The Morgan fingerprint density at radius 2 is 1.00 bits per heavy atom. The van der Waals surface area contributed by atoms with E-state index in [1.165, 1.54) is 0 Å². The summed E-state index contributed by atoms with van der Waals surface area (Å²) in [4.78, 5) is 0. The molecule has 0 heterocycles. The van der Waals surface area contributed by atoms with Crippen molar-refractivity contribution in [1.82, 2.24) is 0 Å². The number of rotatable bonds is 5. The van der Waals surface area contributed by atoms with E-state index in [0.29, 0.717) is 19.7 Å². The van der Waals surface area contributed by atoms with E-state index in [9.17, 15) is 16.8 Å². The first-order valence-corrected chi connectivity index (χ1v) is 10.6. The molecule has 0 atom stereocenters. The maximum absolute atomic E-state index is 10.0. The minimum absolute atomic E-state index is 0.0853. The molecule has 0 radical (unpaired) electrons. The van der Waals surface area contributed by atoms with Crippen LogP contribution in [0.3, 0.4) is 0 Å². The van der Waals surface area contributed by atoms with Crippen molar-refractivity contribution >= 4 is 57.6 Å². The Morgan fingerprint density at radius 1 is 0.750 bits per heavy atom. The van der Waals surface area contributed by atoms with E-state index in [-0.39, 0.29) is 19.7 Å². The van der Waals surface area contributed by atoms with E-state index in [4.69, 9.17) is 9.11 Å². The molecule has 6 nitrogen and oxygen atoms in total. The quantitative estimate of drug-likeness (QED) is 0.436. The summed E-state index contributed by atoms with van der Waals surface area (Å²) in [6.07, 6.45) is 0. The van der Waals surface area contributed by atoms with Gasteiger partial charge in [0.25, 0.3) is 0 Å². The van der Waals surface area contributed by atoms with Crippen molar-refractivity contribution in [2.24, 2.45) is 0 Å². The normalized spacial score (nSPS) is 13.2. The number of hydrogen-bond donors (Lipinski definition) is 2. The van der Waals surface area contributed by atoms with Gasteiger partial charge in [0, 0.05) is 19.7 Å². The molecule has 0 aromatic rings. The van der Waals surface area contributed by atoms with E-state index in [1.807, 2.05) is 0 Å². The third-order valence-electron chi connectivity index (χ3n) is 0.255. The molecule has 12 heavy (non-hydrogen) atoms.